The van der Waals surface area contributed by atoms with Crippen molar-refractivity contribution in [3.63, 3.8) is 0 Å². The molecule has 0 saturated heterocycles. The number of ether oxygens (including phenoxy) is 1. The molecule has 2 rings (SSSR count). The van der Waals surface area contributed by atoms with Crippen molar-refractivity contribution in [3.8, 4) is 16.9 Å². The van der Waals surface area contributed by atoms with Gasteiger partial charge in [-0.3, -0.25) is 4.79 Å². The molecule has 0 fully saturated rings. The van der Waals surface area contributed by atoms with Crippen molar-refractivity contribution in [2.45, 2.75) is 6.92 Å². The van der Waals surface area contributed by atoms with Gasteiger partial charge in [0.2, 0.25) is 0 Å². The molecule has 2 nitrogen and oxygen atoms in total. The highest BCUT2D eigenvalue weighted by Gasteiger charge is 2.11. The van der Waals surface area contributed by atoms with E-state index >= 15 is 0 Å². The Labute approximate surface area is 111 Å². The quantitative estimate of drug-likeness (QED) is 0.776. The Kier molecular flexibility index (Phi) is 3.68. The molecule has 92 valence electrons. The van der Waals surface area contributed by atoms with Crippen molar-refractivity contribution in [3.05, 3.63) is 52.5 Å². The standard InChI is InChI=1S/C15H13ClO2/c1-10-3-4-11(9-17)13(7-10)14-8-12(16)5-6-15(14)18-2/h3-9H,1-2H3. The lowest BCUT2D eigenvalue weighted by molar-refractivity contribution is 0.112. The van der Waals surface area contributed by atoms with E-state index in [2.05, 4.69) is 0 Å². The zero-order valence-electron chi connectivity index (χ0n) is 10.2. The van der Waals surface area contributed by atoms with Crippen LogP contribution in [0.2, 0.25) is 5.02 Å². The van der Waals surface area contributed by atoms with E-state index in [1.165, 1.54) is 0 Å². The molecule has 3 heteroatoms. The first-order valence-corrected chi connectivity index (χ1v) is 5.93. The fourth-order valence-electron chi connectivity index (χ4n) is 1.90. The van der Waals surface area contributed by atoms with E-state index in [1.54, 1.807) is 25.3 Å². The summed E-state index contributed by atoms with van der Waals surface area (Å²) in [6, 6.07) is 11.0. The fraction of sp³-hybridized carbons (Fsp3) is 0.133. The number of hydrogen-bond donors (Lipinski definition) is 0. The minimum absolute atomic E-state index is 0.615. The summed E-state index contributed by atoms with van der Waals surface area (Å²) in [5, 5.41) is 0.615. The van der Waals surface area contributed by atoms with E-state index in [4.69, 9.17) is 16.3 Å². The number of rotatable bonds is 3. The number of hydrogen-bond acceptors (Lipinski definition) is 2. The van der Waals surface area contributed by atoms with E-state index in [0.29, 0.717) is 16.3 Å². The molecule has 0 bridgehead atoms. The Balaban J connectivity index is 2.70. The summed E-state index contributed by atoms with van der Waals surface area (Å²) in [6.07, 6.45) is 0.842. The van der Waals surface area contributed by atoms with Crippen molar-refractivity contribution < 1.29 is 9.53 Å². The van der Waals surface area contributed by atoms with Crippen LogP contribution in [0.1, 0.15) is 15.9 Å². The van der Waals surface area contributed by atoms with E-state index in [9.17, 15) is 4.79 Å². The van der Waals surface area contributed by atoms with Gasteiger partial charge in [0, 0.05) is 16.1 Å². The topological polar surface area (TPSA) is 26.3 Å². The number of benzene rings is 2. The van der Waals surface area contributed by atoms with E-state index in [0.717, 1.165) is 23.0 Å². The molecule has 0 N–H and O–H groups in total. The summed E-state index contributed by atoms with van der Waals surface area (Å²) >= 11 is 6.02. The van der Waals surface area contributed by atoms with Crippen LogP contribution < -0.4 is 4.74 Å². The van der Waals surface area contributed by atoms with Crippen LogP contribution in [0.5, 0.6) is 5.75 Å². The molecule has 18 heavy (non-hydrogen) atoms. The molecule has 0 aliphatic heterocycles. The van der Waals surface area contributed by atoms with Gasteiger partial charge in [0.25, 0.3) is 0 Å². The molecule has 0 aromatic heterocycles. The molecule has 0 heterocycles. The minimum Gasteiger partial charge on any atom is -0.496 e. The van der Waals surface area contributed by atoms with Gasteiger partial charge in [0.15, 0.2) is 6.29 Å². The van der Waals surface area contributed by atoms with Crippen LogP contribution in [0.25, 0.3) is 11.1 Å². The number of halogens is 1. The molecule has 2 aromatic rings. The van der Waals surface area contributed by atoms with E-state index in [-0.39, 0.29) is 0 Å². The van der Waals surface area contributed by atoms with Gasteiger partial charge in [0.1, 0.15) is 5.75 Å². The molecular weight excluding hydrogens is 248 g/mol. The van der Waals surface area contributed by atoms with Gasteiger partial charge >= 0.3 is 0 Å². The summed E-state index contributed by atoms with van der Waals surface area (Å²) in [5.41, 5.74) is 3.37. The molecule has 0 amide bonds. The first-order valence-electron chi connectivity index (χ1n) is 5.55. The van der Waals surface area contributed by atoms with Crippen LogP contribution in [0.3, 0.4) is 0 Å². The third-order valence-corrected chi connectivity index (χ3v) is 3.02. The molecule has 0 atom stereocenters. The minimum atomic E-state index is 0.615. The lowest BCUT2D eigenvalue weighted by Crippen LogP contribution is -1.93. The van der Waals surface area contributed by atoms with Gasteiger partial charge < -0.3 is 4.74 Å². The number of methoxy groups -OCH3 is 1. The molecular formula is C15H13ClO2. The summed E-state index contributed by atoms with van der Waals surface area (Å²) in [7, 11) is 1.60. The smallest absolute Gasteiger partial charge is 0.150 e. The second kappa shape index (κ2) is 5.23. The molecule has 0 aliphatic rings. The SMILES string of the molecule is COc1ccc(Cl)cc1-c1cc(C)ccc1C=O. The lowest BCUT2D eigenvalue weighted by atomic mass is 9.97. The summed E-state index contributed by atoms with van der Waals surface area (Å²) < 4.78 is 5.32. The van der Waals surface area contributed by atoms with Crippen molar-refractivity contribution in [1.82, 2.24) is 0 Å². The highest BCUT2D eigenvalue weighted by molar-refractivity contribution is 6.31. The molecule has 0 saturated carbocycles. The summed E-state index contributed by atoms with van der Waals surface area (Å²) in [6.45, 7) is 1.98. The fourth-order valence-corrected chi connectivity index (χ4v) is 2.07. The van der Waals surface area contributed by atoms with Crippen LogP contribution in [-0.4, -0.2) is 13.4 Å². The molecule has 0 aliphatic carbocycles. The van der Waals surface area contributed by atoms with Crippen LogP contribution in [-0.2, 0) is 0 Å². The Bertz CT molecular complexity index is 591. The maximum absolute atomic E-state index is 11.1. The van der Waals surface area contributed by atoms with Crippen molar-refractivity contribution in [1.29, 1.82) is 0 Å². The Morgan fingerprint density at radius 2 is 1.89 bits per heavy atom. The van der Waals surface area contributed by atoms with Crippen LogP contribution in [0.15, 0.2) is 36.4 Å². The predicted octanol–water partition coefficient (Wildman–Crippen LogP) is 4.14. The van der Waals surface area contributed by atoms with Gasteiger partial charge in [-0.05, 0) is 30.7 Å². The average molecular weight is 261 g/mol. The lowest BCUT2D eigenvalue weighted by Gasteiger charge is -2.11. The first-order chi connectivity index (χ1) is 8.65. The van der Waals surface area contributed by atoms with Gasteiger partial charge in [-0.2, -0.15) is 0 Å². The van der Waals surface area contributed by atoms with E-state index < -0.39 is 0 Å². The Hall–Kier alpha value is -1.80. The number of aldehydes is 1. The third kappa shape index (κ3) is 2.39. The number of aryl methyl sites for hydroxylation is 1. The van der Waals surface area contributed by atoms with Crippen molar-refractivity contribution >= 4 is 17.9 Å². The maximum atomic E-state index is 11.1. The zero-order valence-corrected chi connectivity index (χ0v) is 11.0. The Morgan fingerprint density at radius 1 is 1.11 bits per heavy atom. The monoisotopic (exact) mass is 260 g/mol. The second-order valence-corrected chi connectivity index (χ2v) is 4.49. The van der Waals surface area contributed by atoms with Crippen molar-refractivity contribution in [2.24, 2.45) is 0 Å². The van der Waals surface area contributed by atoms with Gasteiger partial charge in [-0.25, -0.2) is 0 Å². The van der Waals surface area contributed by atoms with Gasteiger partial charge in [0.05, 0.1) is 7.11 Å². The molecule has 0 spiro atoms. The largest absolute Gasteiger partial charge is 0.496 e. The first kappa shape index (κ1) is 12.7. The average Bonchev–Trinajstić information content (AvgIpc) is 2.38. The van der Waals surface area contributed by atoms with Gasteiger partial charge in [-0.15, -0.1) is 0 Å². The van der Waals surface area contributed by atoms with Crippen LogP contribution in [0.4, 0.5) is 0 Å². The van der Waals surface area contributed by atoms with Crippen LogP contribution in [0, 0.1) is 6.92 Å². The highest BCUT2D eigenvalue weighted by Crippen LogP contribution is 2.34. The van der Waals surface area contributed by atoms with Gasteiger partial charge in [-0.1, -0.05) is 35.4 Å². The molecule has 0 radical (unpaired) electrons. The number of carbonyl (C=O) groups excluding carboxylic acids is 1. The highest BCUT2D eigenvalue weighted by atomic mass is 35.5. The molecule has 2 aromatic carbocycles. The third-order valence-electron chi connectivity index (χ3n) is 2.79. The van der Waals surface area contributed by atoms with Crippen LogP contribution >= 0.6 is 11.6 Å². The van der Waals surface area contributed by atoms with E-state index in [1.807, 2.05) is 25.1 Å². The zero-order chi connectivity index (χ0) is 13.1. The maximum Gasteiger partial charge on any atom is 0.150 e. The summed E-state index contributed by atoms with van der Waals surface area (Å²) in [4.78, 5) is 11.1. The predicted molar refractivity (Wildman–Crippen MR) is 73.6 cm³/mol. The number of carbonyl (C=O) groups is 1. The second-order valence-electron chi connectivity index (χ2n) is 4.05. The summed E-state index contributed by atoms with van der Waals surface area (Å²) in [5.74, 6) is 0.702. The normalized spacial score (nSPS) is 10.2. The van der Waals surface area contributed by atoms with Crippen molar-refractivity contribution in [2.75, 3.05) is 7.11 Å². The molecule has 0 unspecified atom stereocenters. The Morgan fingerprint density at radius 3 is 2.56 bits per heavy atom.